The van der Waals surface area contributed by atoms with Crippen LogP contribution in [0, 0.1) is 5.82 Å². The molecule has 2 rings (SSSR count). The van der Waals surface area contributed by atoms with E-state index in [1.807, 2.05) is 5.32 Å². The molecule has 1 aromatic carbocycles. The van der Waals surface area contributed by atoms with Crippen LogP contribution in [0.1, 0.15) is 12.8 Å². The molecule has 1 saturated heterocycles. The number of nitrogens with two attached hydrogens (primary N) is 1. The van der Waals surface area contributed by atoms with E-state index in [-0.39, 0.29) is 17.7 Å². The van der Waals surface area contributed by atoms with Crippen LogP contribution < -0.4 is 10.1 Å². The van der Waals surface area contributed by atoms with Gasteiger partial charge >= 0.3 is 0 Å². The van der Waals surface area contributed by atoms with Crippen LogP contribution in [0.5, 0.6) is 5.75 Å². The summed E-state index contributed by atoms with van der Waals surface area (Å²) < 4.78 is 29.5. The van der Waals surface area contributed by atoms with Gasteiger partial charge in [0.15, 0.2) is 11.6 Å². The van der Waals surface area contributed by atoms with Crippen molar-refractivity contribution in [3.05, 3.63) is 30.1 Å². The summed E-state index contributed by atoms with van der Waals surface area (Å²) in [4.78, 5) is 0. The Labute approximate surface area is 130 Å². The van der Waals surface area contributed by atoms with Crippen LogP contribution in [0.3, 0.4) is 0 Å². The minimum absolute atomic E-state index is 0.186. The molecule has 6 heteroatoms. The Morgan fingerprint density at radius 1 is 1.41 bits per heavy atom. The third kappa shape index (κ3) is 6.27. The first kappa shape index (κ1) is 17.1. The average molecular weight is 314 g/mol. The van der Waals surface area contributed by atoms with E-state index in [9.17, 15) is 9.50 Å². The molecule has 0 amide bonds. The molecule has 22 heavy (non-hydrogen) atoms. The monoisotopic (exact) mass is 314 g/mol. The molecule has 1 aliphatic heterocycles. The van der Waals surface area contributed by atoms with Crippen molar-refractivity contribution in [1.29, 1.82) is 0 Å². The third-order valence-corrected chi connectivity index (χ3v) is 3.49. The van der Waals surface area contributed by atoms with Gasteiger partial charge in [0.2, 0.25) is 0 Å². The Bertz CT molecular complexity index is 426. The van der Waals surface area contributed by atoms with Gasteiger partial charge in [0.25, 0.3) is 0 Å². The van der Waals surface area contributed by atoms with Gasteiger partial charge < -0.3 is 24.6 Å². The lowest BCUT2D eigenvalue weighted by Gasteiger charge is -2.13. The maximum absolute atomic E-state index is 13.3. The van der Waals surface area contributed by atoms with Crippen LogP contribution in [0.4, 0.5) is 4.39 Å². The smallest absolute Gasteiger partial charge is 0.165 e. The largest absolute Gasteiger partial charge is 0.485 e. The van der Waals surface area contributed by atoms with Crippen molar-refractivity contribution in [1.82, 2.24) is 0 Å². The molecule has 0 aliphatic carbocycles. The molecule has 124 valence electrons. The number of ether oxygens (including phenoxy) is 3. The van der Waals surface area contributed by atoms with Crippen LogP contribution in [0.15, 0.2) is 24.3 Å². The molecule has 1 heterocycles. The lowest BCUT2D eigenvalue weighted by atomic mass is 10.2. The van der Waals surface area contributed by atoms with Gasteiger partial charge in [-0.2, -0.15) is 0 Å². The van der Waals surface area contributed by atoms with E-state index >= 15 is 0 Å². The minimum atomic E-state index is -0.519. The Kier molecular flexibility index (Phi) is 7.59. The standard InChI is InChI=1S/C16H24FNO4/c17-15-5-1-2-6-16(15)22-9-7-18-10-13(19)11-20-12-14-4-3-8-21-14/h1-2,5-6,13-14,18-19H,3-4,7-12H2/p+1/t13-,14+/m1/s1. The molecule has 0 spiro atoms. The van der Waals surface area contributed by atoms with Crippen molar-refractivity contribution in [2.45, 2.75) is 25.0 Å². The van der Waals surface area contributed by atoms with Crippen LogP contribution in [-0.2, 0) is 9.47 Å². The Morgan fingerprint density at radius 3 is 3.05 bits per heavy atom. The van der Waals surface area contributed by atoms with Crippen molar-refractivity contribution in [3.63, 3.8) is 0 Å². The van der Waals surface area contributed by atoms with Crippen molar-refractivity contribution < 1.29 is 29.0 Å². The zero-order valence-corrected chi connectivity index (χ0v) is 12.7. The number of hydrogen-bond donors (Lipinski definition) is 2. The lowest BCUT2D eigenvalue weighted by molar-refractivity contribution is -0.661. The van der Waals surface area contributed by atoms with Gasteiger partial charge in [-0.25, -0.2) is 4.39 Å². The Balaban J connectivity index is 1.46. The first-order valence-electron chi connectivity index (χ1n) is 7.82. The highest BCUT2D eigenvalue weighted by molar-refractivity contribution is 5.23. The first-order valence-corrected chi connectivity index (χ1v) is 7.82. The fraction of sp³-hybridized carbons (Fsp3) is 0.625. The molecule has 1 fully saturated rings. The van der Waals surface area contributed by atoms with Gasteiger partial charge in [0.1, 0.15) is 25.8 Å². The summed E-state index contributed by atoms with van der Waals surface area (Å²) >= 11 is 0. The summed E-state index contributed by atoms with van der Waals surface area (Å²) in [6.07, 6.45) is 1.79. The van der Waals surface area contributed by atoms with E-state index < -0.39 is 6.10 Å². The number of aliphatic hydroxyl groups is 1. The molecule has 1 aromatic rings. The predicted molar refractivity (Wildman–Crippen MR) is 79.4 cm³/mol. The van der Waals surface area contributed by atoms with Crippen LogP contribution >= 0.6 is 0 Å². The number of aliphatic hydroxyl groups excluding tert-OH is 1. The molecular weight excluding hydrogens is 289 g/mol. The number of benzene rings is 1. The van der Waals surface area contributed by atoms with Gasteiger partial charge in [0.05, 0.1) is 19.3 Å². The minimum Gasteiger partial charge on any atom is -0.485 e. The molecule has 0 bridgehead atoms. The van der Waals surface area contributed by atoms with E-state index in [4.69, 9.17) is 14.2 Å². The second-order valence-corrected chi connectivity index (χ2v) is 5.42. The number of halogens is 1. The van der Waals surface area contributed by atoms with Gasteiger partial charge in [-0.3, -0.25) is 0 Å². The van der Waals surface area contributed by atoms with Gasteiger partial charge in [0, 0.05) is 6.61 Å². The molecule has 5 nitrogen and oxygen atoms in total. The van der Waals surface area contributed by atoms with Crippen LogP contribution in [0.25, 0.3) is 0 Å². The average Bonchev–Trinajstić information content (AvgIpc) is 3.02. The third-order valence-electron chi connectivity index (χ3n) is 3.49. The fourth-order valence-electron chi connectivity index (χ4n) is 2.30. The number of quaternary nitrogens is 1. The molecule has 2 atom stereocenters. The maximum Gasteiger partial charge on any atom is 0.165 e. The predicted octanol–water partition coefficient (Wildman–Crippen LogP) is 0.324. The highest BCUT2D eigenvalue weighted by Crippen LogP contribution is 2.14. The van der Waals surface area contributed by atoms with E-state index in [1.54, 1.807) is 18.2 Å². The van der Waals surface area contributed by atoms with Crippen LogP contribution in [-0.4, -0.2) is 56.8 Å². The second kappa shape index (κ2) is 9.74. The Morgan fingerprint density at radius 2 is 2.27 bits per heavy atom. The molecular formula is C16H25FNO4+. The number of hydrogen-bond acceptors (Lipinski definition) is 4. The highest BCUT2D eigenvalue weighted by atomic mass is 19.1. The quantitative estimate of drug-likeness (QED) is 0.611. The Hall–Kier alpha value is -1.21. The van der Waals surface area contributed by atoms with Crippen molar-refractivity contribution in [2.24, 2.45) is 0 Å². The highest BCUT2D eigenvalue weighted by Gasteiger charge is 2.16. The van der Waals surface area contributed by atoms with E-state index in [0.717, 1.165) is 19.4 Å². The van der Waals surface area contributed by atoms with Crippen molar-refractivity contribution >= 4 is 0 Å². The van der Waals surface area contributed by atoms with Gasteiger partial charge in [-0.15, -0.1) is 0 Å². The first-order chi connectivity index (χ1) is 10.8. The fourth-order valence-corrected chi connectivity index (χ4v) is 2.30. The molecule has 1 aliphatic rings. The summed E-state index contributed by atoms with van der Waals surface area (Å²) in [5.41, 5.74) is 0. The summed E-state index contributed by atoms with van der Waals surface area (Å²) in [6.45, 7) is 3.25. The number of rotatable bonds is 10. The summed E-state index contributed by atoms with van der Waals surface area (Å²) in [7, 11) is 0. The normalized spacial score (nSPS) is 19.3. The van der Waals surface area contributed by atoms with Crippen molar-refractivity contribution in [2.75, 3.05) is 39.5 Å². The molecule has 0 unspecified atom stereocenters. The number of para-hydroxylation sites is 1. The van der Waals surface area contributed by atoms with E-state index in [0.29, 0.717) is 32.9 Å². The van der Waals surface area contributed by atoms with Crippen molar-refractivity contribution in [3.8, 4) is 5.75 Å². The SMILES string of the molecule is O[C@H](C[NH2+]CCOc1ccccc1F)COC[C@@H]1CCCO1. The topological polar surface area (TPSA) is 64.5 Å². The summed E-state index contributed by atoms with van der Waals surface area (Å²) in [5, 5.41) is 11.7. The molecule has 0 radical (unpaired) electrons. The van der Waals surface area contributed by atoms with E-state index in [1.165, 1.54) is 6.07 Å². The summed E-state index contributed by atoms with van der Waals surface area (Å²) in [6, 6.07) is 6.33. The zero-order chi connectivity index (χ0) is 15.6. The lowest BCUT2D eigenvalue weighted by Crippen LogP contribution is -2.87. The molecule has 0 aromatic heterocycles. The van der Waals surface area contributed by atoms with Gasteiger partial charge in [-0.05, 0) is 25.0 Å². The van der Waals surface area contributed by atoms with Gasteiger partial charge in [-0.1, -0.05) is 12.1 Å². The molecule has 0 saturated carbocycles. The van der Waals surface area contributed by atoms with E-state index in [2.05, 4.69) is 0 Å². The van der Waals surface area contributed by atoms with Crippen LogP contribution in [0.2, 0.25) is 0 Å². The molecule has 3 N–H and O–H groups in total. The second-order valence-electron chi connectivity index (χ2n) is 5.42. The summed E-state index contributed by atoms with van der Waals surface area (Å²) in [5.74, 6) is -0.0959. The maximum atomic E-state index is 13.3. The zero-order valence-electron chi connectivity index (χ0n) is 12.7.